The van der Waals surface area contributed by atoms with Crippen LogP contribution in [0.25, 0.3) is 0 Å². The quantitative estimate of drug-likeness (QED) is 0.0200. The number of esters is 2. The molecule has 1 heterocycles. The van der Waals surface area contributed by atoms with E-state index in [1.54, 1.807) is 0 Å². The minimum absolute atomic E-state index is 0.143. The molecular weight excluding hydrogens is 789 g/mol. The van der Waals surface area contributed by atoms with Gasteiger partial charge in [-0.25, -0.2) is 0 Å². The smallest absolute Gasteiger partial charge is 0.306 e. The first-order valence-corrected chi connectivity index (χ1v) is 24.8. The monoisotopic (exact) mass is 871 g/mol. The second-order valence-corrected chi connectivity index (χ2v) is 17.6. The Bertz CT molecular complexity index is 1300. The van der Waals surface area contributed by atoms with Gasteiger partial charge in [0.2, 0.25) is 0 Å². The highest BCUT2D eigenvalue weighted by molar-refractivity contribution is 7.85. The van der Waals surface area contributed by atoms with Gasteiger partial charge in [0.15, 0.2) is 12.4 Å². The van der Waals surface area contributed by atoms with Crippen molar-refractivity contribution in [2.75, 3.05) is 19.0 Å². The number of unbranched alkanes of at least 4 members (excludes halogenated alkanes) is 18. The number of aliphatic hydroxyl groups excluding tert-OH is 3. The summed E-state index contributed by atoms with van der Waals surface area (Å²) in [5, 5.41) is 30.9. The number of carbonyl (C=O) groups is 2. The Morgan fingerprint density at radius 3 is 1.53 bits per heavy atom. The maximum Gasteiger partial charge on any atom is 0.306 e. The summed E-state index contributed by atoms with van der Waals surface area (Å²) in [5.41, 5.74) is 0. The Morgan fingerprint density at radius 2 is 1.02 bits per heavy atom. The zero-order chi connectivity index (χ0) is 44.1. The molecule has 0 bridgehead atoms. The predicted octanol–water partition coefficient (Wildman–Crippen LogP) is 9.56. The van der Waals surface area contributed by atoms with Crippen LogP contribution in [0.4, 0.5) is 0 Å². The van der Waals surface area contributed by atoms with Crippen molar-refractivity contribution in [3.05, 3.63) is 48.6 Å². The number of ether oxygens (including phenoxy) is 4. The van der Waals surface area contributed by atoms with Gasteiger partial charge in [0.05, 0.1) is 6.61 Å². The minimum Gasteiger partial charge on any atom is -0.462 e. The van der Waals surface area contributed by atoms with Crippen molar-refractivity contribution in [2.24, 2.45) is 0 Å². The van der Waals surface area contributed by atoms with Crippen LogP contribution in [0.15, 0.2) is 48.6 Å². The molecule has 0 radical (unpaired) electrons. The number of aliphatic hydroxyl groups is 3. The fourth-order valence-electron chi connectivity index (χ4n) is 6.79. The SMILES string of the molecule is CCCCC/C=C/C/C=C/C/C=C/C/C=C/CCCC(=O)OC[C@H](CO[C@H]1O[C@H](CS(=O)(=O)O)[C@@H](O)C(O)C1O)OC(=O)CCCCCCCCCCCCCCCCC. The van der Waals surface area contributed by atoms with Crippen molar-refractivity contribution >= 4 is 22.1 Å². The molecule has 1 rings (SSSR count). The summed E-state index contributed by atoms with van der Waals surface area (Å²) in [6.07, 6.45) is 34.4. The van der Waals surface area contributed by atoms with E-state index in [9.17, 15) is 37.9 Å². The number of carbonyl (C=O) groups excluding carboxylic acids is 2. The van der Waals surface area contributed by atoms with E-state index in [4.69, 9.17) is 18.9 Å². The molecule has 12 nitrogen and oxygen atoms in total. The first kappa shape index (κ1) is 55.6. The van der Waals surface area contributed by atoms with Gasteiger partial charge in [0, 0.05) is 12.8 Å². The maximum atomic E-state index is 12.8. The van der Waals surface area contributed by atoms with Gasteiger partial charge in [-0.2, -0.15) is 8.42 Å². The number of hydrogen-bond donors (Lipinski definition) is 4. The Morgan fingerprint density at radius 1 is 0.567 bits per heavy atom. The molecule has 13 heteroatoms. The Kier molecular flexibility index (Phi) is 34.5. The van der Waals surface area contributed by atoms with Crippen LogP contribution in [0.3, 0.4) is 0 Å². The van der Waals surface area contributed by atoms with Crippen LogP contribution >= 0.6 is 0 Å². The largest absolute Gasteiger partial charge is 0.462 e. The van der Waals surface area contributed by atoms with Gasteiger partial charge in [-0.3, -0.25) is 14.1 Å². The lowest BCUT2D eigenvalue weighted by molar-refractivity contribution is -0.297. The van der Waals surface area contributed by atoms with Gasteiger partial charge in [-0.05, 0) is 51.4 Å². The zero-order valence-electron chi connectivity index (χ0n) is 37.1. The first-order chi connectivity index (χ1) is 29.0. The van der Waals surface area contributed by atoms with E-state index < -0.39 is 71.2 Å². The average molecular weight is 871 g/mol. The summed E-state index contributed by atoms with van der Waals surface area (Å²) in [4.78, 5) is 25.4. The van der Waals surface area contributed by atoms with Gasteiger partial charge in [-0.1, -0.05) is 165 Å². The zero-order valence-corrected chi connectivity index (χ0v) is 37.9. The lowest BCUT2D eigenvalue weighted by Gasteiger charge is -2.40. The van der Waals surface area contributed by atoms with Crippen molar-refractivity contribution in [2.45, 2.75) is 218 Å². The van der Waals surface area contributed by atoms with Crippen molar-refractivity contribution < 1.29 is 56.8 Å². The highest BCUT2D eigenvalue weighted by atomic mass is 32.2. The molecule has 4 N–H and O–H groups in total. The van der Waals surface area contributed by atoms with E-state index in [0.29, 0.717) is 19.3 Å². The van der Waals surface area contributed by atoms with Gasteiger partial charge >= 0.3 is 11.9 Å². The Hall–Kier alpha value is -2.39. The summed E-state index contributed by atoms with van der Waals surface area (Å²) >= 11 is 0. The molecule has 2 unspecified atom stereocenters. The summed E-state index contributed by atoms with van der Waals surface area (Å²) in [6.45, 7) is 3.69. The Labute approximate surface area is 363 Å². The number of hydrogen-bond acceptors (Lipinski definition) is 11. The van der Waals surface area contributed by atoms with Gasteiger partial charge < -0.3 is 34.3 Å². The Balaban J connectivity index is 2.48. The fourth-order valence-corrected chi connectivity index (χ4v) is 7.48. The van der Waals surface area contributed by atoms with Crippen LogP contribution in [-0.4, -0.2) is 96.0 Å². The van der Waals surface area contributed by atoms with Gasteiger partial charge in [-0.15, -0.1) is 0 Å². The third kappa shape index (κ3) is 31.5. The molecule has 0 aromatic carbocycles. The second-order valence-electron chi connectivity index (χ2n) is 16.1. The molecule has 348 valence electrons. The molecular formula is C47H82O12S. The van der Waals surface area contributed by atoms with Crippen LogP contribution in [-0.2, 0) is 38.7 Å². The topological polar surface area (TPSA) is 186 Å². The number of allylic oxidation sites excluding steroid dienone is 8. The van der Waals surface area contributed by atoms with E-state index >= 15 is 0 Å². The lowest BCUT2D eigenvalue weighted by atomic mass is 10.00. The van der Waals surface area contributed by atoms with E-state index in [1.165, 1.54) is 89.9 Å². The maximum absolute atomic E-state index is 12.8. The normalized spacial score (nSPS) is 20.5. The molecule has 6 atom stereocenters. The van der Waals surface area contributed by atoms with Crippen molar-refractivity contribution in [3.63, 3.8) is 0 Å². The van der Waals surface area contributed by atoms with E-state index in [0.717, 1.165) is 44.9 Å². The molecule has 0 amide bonds. The van der Waals surface area contributed by atoms with Gasteiger partial charge in [0.1, 0.15) is 36.8 Å². The summed E-state index contributed by atoms with van der Waals surface area (Å²) < 4.78 is 54.0. The summed E-state index contributed by atoms with van der Waals surface area (Å²) in [5.74, 6) is -2.05. The first-order valence-electron chi connectivity index (χ1n) is 23.2. The molecule has 0 aromatic heterocycles. The third-order valence-electron chi connectivity index (χ3n) is 10.4. The number of rotatable bonds is 38. The average Bonchev–Trinajstić information content (AvgIpc) is 3.21. The van der Waals surface area contributed by atoms with Crippen LogP contribution in [0.2, 0.25) is 0 Å². The molecule has 0 saturated carbocycles. The molecule has 1 aliphatic heterocycles. The molecule has 0 aromatic rings. The lowest BCUT2D eigenvalue weighted by Crippen LogP contribution is -2.60. The van der Waals surface area contributed by atoms with E-state index in [-0.39, 0.29) is 19.4 Å². The highest BCUT2D eigenvalue weighted by Gasteiger charge is 2.46. The van der Waals surface area contributed by atoms with Crippen LogP contribution in [0.1, 0.15) is 181 Å². The van der Waals surface area contributed by atoms with Crippen molar-refractivity contribution in [1.29, 1.82) is 0 Å². The van der Waals surface area contributed by atoms with Crippen LogP contribution in [0, 0.1) is 0 Å². The van der Waals surface area contributed by atoms with E-state index in [1.807, 2.05) is 12.2 Å². The highest BCUT2D eigenvalue weighted by Crippen LogP contribution is 2.24. The van der Waals surface area contributed by atoms with Gasteiger partial charge in [0.25, 0.3) is 10.1 Å². The molecule has 60 heavy (non-hydrogen) atoms. The second kappa shape index (κ2) is 37.2. The fraction of sp³-hybridized carbons (Fsp3) is 0.787. The third-order valence-corrected chi connectivity index (χ3v) is 11.2. The molecule has 0 spiro atoms. The van der Waals surface area contributed by atoms with Crippen molar-refractivity contribution in [3.8, 4) is 0 Å². The van der Waals surface area contributed by atoms with E-state index in [2.05, 4.69) is 50.3 Å². The summed E-state index contributed by atoms with van der Waals surface area (Å²) in [6, 6.07) is 0. The molecule has 1 saturated heterocycles. The molecule has 0 aliphatic carbocycles. The van der Waals surface area contributed by atoms with Crippen LogP contribution < -0.4 is 0 Å². The van der Waals surface area contributed by atoms with Crippen LogP contribution in [0.5, 0.6) is 0 Å². The minimum atomic E-state index is -4.61. The molecule has 1 fully saturated rings. The molecule has 1 aliphatic rings. The summed E-state index contributed by atoms with van der Waals surface area (Å²) in [7, 11) is -4.61. The standard InChI is InChI=1S/C47H82O12S/c1-3-5-7-9-11-13-15-17-19-20-22-23-25-27-29-31-33-35-42(48)56-37-40(38-57-47-46(52)45(51)44(50)41(59-47)39-60(53,54)55)58-43(49)36-34-32-30-28-26-24-21-18-16-14-12-10-8-6-4-2/h11,13,17,19,22-23,27,29,40-41,44-47,50-52H,3-10,12,14-16,18,20-21,24-26,28,30-39H2,1-2H3,(H,53,54,55)/b13-11+,19-17+,23-22+,29-27+/t40-,41-,44-,45?,46?,47+/m1/s1. The predicted molar refractivity (Wildman–Crippen MR) is 238 cm³/mol. The van der Waals surface area contributed by atoms with Crippen molar-refractivity contribution in [1.82, 2.24) is 0 Å².